The molecule has 0 aliphatic heterocycles. The summed E-state index contributed by atoms with van der Waals surface area (Å²) in [6.07, 6.45) is 1.88. The minimum atomic E-state index is -0.231. The Kier molecular flexibility index (Phi) is 6.62. The molecule has 3 aromatic rings. The molecule has 0 aliphatic rings. The van der Waals surface area contributed by atoms with E-state index in [0.29, 0.717) is 5.57 Å². The van der Waals surface area contributed by atoms with E-state index >= 15 is 0 Å². The van der Waals surface area contributed by atoms with E-state index in [2.05, 4.69) is 5.32 Å². The van der Waals surface area contributed by atoms with Crippen molar-refractivity contribution in [3.05, 3.63) is 87.6 Å². The first kappa shape index (κ1) is 20.6. The topological polar surface area (TPSA) is 49.4 Å². The monoisotopic (exact) mass is 404 g/mol. The molecular formula is C24H24N2O2S. The first-order valence-corrected chi connectivity index (χ1v) is 10.2. The van der Waals surface area contributed by atoms with Gasteiger partial charge in [-0.25, -0.2) is 0 Å². The highest BCUT2D eigenvalue weighted by molar-refractivity contribution is 7.11. The minimum absolute atomic E-state index is 0.0246. The average Bonchev–Trinajstić information content (AvgIpc) is 3.22. The quantitative estimate of drug-likeness (QED) is 0.588. The summed E-state index contributed by atoms with van der Waals surface area (Å²) < 4.78 is 0. The van der Waals surface area contributed by atoms with Gasteiger partial charge in [0.15, 0.2) is 0 Å². The molecule has 3 rings (SSSR count). The first-order chi connectivity index (χ1) is 13.9. The Bertz CT molecular complexity index is 1020. The SMILES string of the molecule is Cc1ccc(NC(=O)CN(C)C(=O)C(=Cc2cccc(C)c2)c2cccs2)cc1. The lowest BCUT2D eigenvalue weighted by molar-refractivity contribution is -0.128. The lowest BCUT2D eigenvalue weighted by Crippen LogP contribution is -2.35. The number of carbonyl (C=O) groups excluding carboxylic acids is 2. The van der Waals surface area contributed by atoms with Crippen molar-refractivity contribution >= 4 is 40.5 Å². The molecule has 29 heavy (non-hydrogen) atoms. The lowest BCUT2D eigenvalue weighted by atomic mass is 10.1. The van der Waals surface area contributed by atoms with Crippen molar-refractivity contribution in [2.24, 2.45) is 0 Å². The maximum absolute atomic E-state index is 13.1. The van der Waals surface area contributed by atoms with Gasteiger partial charge in [-0.15, -0.1) is 11.3 Å². The summed E-state index contributed by atoms with van der Waals surface area (Å²) in [7, 11) is 1.65. The highest BCUT2D eigenvalue weighted by Gasteiger charge is 2.20. The summed E-state index contributed by atoms with van der Waals surface area (Å²) in [6, 6.07) is 19.4. The number of thiophene rings is 1. The summed E-state index contributed by atoms with van der Waals surface area (Å²) in [4.78, 5) is 27.9. The molecule has 0 unspecified atom stereocenters. The zero-order valence-corrected chi connectivity index (χ0v) is 17.6. The number of nitrogens with zero attached hydrogens (tertiary/aromatic N) is 1. The molecule has 2 aromatic carbocycles. The van der Waals surface area contributed by atoms with Gasteiger partial charge in [-0.2, -0.15) is 0 Å². The van der Waals surface area contributed by atoms with Crippen LogP contribution in [0.2, 0.25) is 0 Å². The summed E-state index contributed by atoms with van der Waals surface area (Å²) in [5.41, 5.74) is 4.51. The number of aryl methyl sites for hydroxylation is 2. The lowest BCUT2D eigenvalue weighted by Gasteiger charge is -2.18. The molecular weight excluding hydrogens is 380 g/mol. The van der Waals surface area contributed by atoms with Crippen molar-refractivity contribution < 1.29 is 9.59 Å². The van der Waals surface area contributed by atoms with Gasteiger partial charge in [0.1, 0.15) is 0 Å². The fraction of sp³-hybridized carbons (Fsp3) is 0.167. The van der Waals surface area contributed by atoms with E-state index in [0.717, 1.165) is 27.3 Å². The van der Waals surface area contributed by atoms with Gasteiger partial charge in [-0.1, -0.05) is 53.6 Å². The van der Waals surface area contributed by atoms with Crippen LogP contribution < -0.4 is 5.32 Å². The van der Waals surface area contributed by atoms with Gasteiger partial charge in [0, 0.05) is 17.6 Å². The normalized spacial score (nSPS) is 11.2. The van der Waals surface area contributed by atoms with Gasteiger partial charge >= 0.3 is 0 Å². The van der Waals surface area contributed by atoms with E-state index in [-0.39, 0.29) is 18.4 Å². The molecule has 5 heteroatoms. The molecule has 0 saturated carbocycles. The van der Waals surface area contributed by atoms with Gasteiger partial charge in [0.25, 0.3) is 5.91 Å². The van der Waals surface area contributed by atoms with Crippen molar-refractivity contribution in [2.45, 2.75) is 13.8 Å². The highest BCUT2D eigenvalue weighted by atomic mass is 32.1. The van der Waals surface area contributed by atoms with Gasteiger partial charge in [-0.3, -0.25) is 9.59 Å². The van der Waals surface area contributed by atoms with Crippen LogP contribution in [0.15, 0.2) is 66.0 Å². The van der Waals surface area contributed by atoms with Crippen molar-refractivity contribution in [2.75, 3.05) is 18.9 Å². The Morgan fingerprint density at radius 2 is 1.76 bits per heavy atom. The smallest absolute Gasteiger partial charge is 0.255 e. The molecule has 0 aliphatic carbocycles. The molecule has 0 spiro atoms. The number of hydrogen-bond donors (Lipinski definition) is 1. The number of hydrogen-bond acceptors (Lipinski definition) is 3. The van der Waals surface area contributed by atoms with Gasteiger partial charge < -0.3 is 10.2 Å². The zero-order chi connectivity index (χ0) is 20.8. The van der Waals surface area contributed by atoms with Crippen LogP contribution in [-0.4, -0.2) is 30.3 Å². The second-order valence-corrected chi connectivity index (χ2v) is 7.97. The maximum Gasteiger partial charge on any atom is 0.255 e. The van der Waals surface area contributed by atoms with Crippen LogP contribution in [0.4, 0.5) is 5.69 Å². The third-order valence-corrected chi connectivity index (χ3v) is 5.34. The predicted octanol–water partition coefficient (Wildman–Crippen LogP) is 5.00. The number of anilines is 1. The largest absolute Gasteiger partial charge is 0.332 e. The molecule has 0 saturated heterocycles. The van der Waals surface area contributed by atoms with E-state index in [1.165, 1.54) is 16.2 Å². The van der Waals surface area contributed by atoms with Crippen LogP contribution >= 0.6 is 11.3 Å². The molecule has 0 fully saturated rings. The summed E-state index contributed by atoms with van der Waals surface area (Å²) in [5, 5.41) is 4.78. The Labute approximate surface area is 175 Å². The van der Waals surface area contributed by atoms with Crippen molar-refractivity contribution in [1.29, 1.82) is 0 Å². The number of nitrogens with one attached hydrogen (secondary N) is 1. The summed E-state index contributed by atoms with van der Waals surface area (Å²) in [5.74, 6) is -0.418. The molecule has 148 valence electrons. The predicted molar refractivity (Wildman–Crippen MR) is 121 cm³/mol. The van der Waals surface area contributed by atoms with E-state index in [9.17, 15) is 9.59 Å². The number of carbonyl (C=O) groups is 2. The third-order valence-electron chi connectivity index (χ3n) is 4.43. The first-order valence-electron chi connectivity index (χ1n) is 9.36. The number of likely N-dealkylation sites (N-methyl/N-ethyl adjacent to an activating group) is 1. The molecule has 0 radical (unpaired) electrons. The van der Waals surface area contributed by atoms with Crippen molar-refractivity contribution in [1.82, 2.24) is 4.90 Å². The van der Waals surface area contributed by atoms with Gasteiger partial charge in [0.05, 0.1) is 12.1 Å². The van der Waals surface area contributed by atoms with E-state index in [4.69, 9.17) is 0 Å². The van der Waals surface area contributed by atoms with Crippen LogP contribution in [0.25, 0.3) is 11.6 Å². The van der Waals surface area contributed by atoms with Crippen LogP contribution in [-0.2, 0) is 9.59 Å². The molecule has 0 bridgehead atoms. The van der Waals surface area contributed by atoms with Gasteiger partial charge in [-0.05, 0) is 49.1 Å². The standard InChI is InChI=1S/C24H24N2O2S/c1-17-9-11-20(12-10-17)25-23(27)16-26(3)24(28)21(22-8-5-13-29-22)15-19-7-4-6-18(2)14-19/h4-15H,16H2,1-3H3,(H,25,27). The third kappa shape index (κ3) is 5.65. The fourth-order valence-corrected chi connectivity index (χ4v) is 3.66. The maximum atomic E-state index is 13.1. The second kappa shape index (κ2) is 9.34. The number of benzene rings is 2. The van der Waals surface area contributed by atoms with Crippen molar-refractivity contribution in [3.63, 3.8) is 0 Å². The Balaban J connectivity index is 1.76. The molecule has 1 N–H and O–H groups in total. The minimum Gasteiger partial charge on any atom is -0.332 e. The molecule has 0 atom stereocenters. The van der Waals surface area contributed by atoms with Gasteiger partial charge in [0.2, 0.25) is 5.91 Å². The number of amides is 2. The average molecular weight is 405 g/mol. The Hall–Kier alpha value is -3.18. The fourth-order valence-electron chi connectivity index (χ4n) is 2.93. The second-order valence-electron chi connectivity index (χ2n) is 7.02. The van der Waals surface area contributed by atoms with Crippen LogP contribution in [0, 0.1) is 13.8 Å². The Morgan fingerprint density at radius 1 is 1.00 bits per heavy atom. The van der Waals surface area contributed by atoms with Crippen LogP contribution in [0.3, 0.4) is 0 Å². The van der Waals surface area contributed by atoms with E-state index < -0.39 is 0 Å². The van der Waals surface area contributed by atoms with Crippen molar-refractivity contribution in [3.8, 4) is 0 Å². The van der Waals surface area contributed by atoms with Crippen LogP contribution in [0.1, 0.15) is 21.6 Å². The van der Waals surface area contributed by atoms with Crippen LogP contribution in [0.5, 0.6) is 0 Å². The van der Waals surface area contributed by atoms with E-state index in [1.54, 1.807) is 7.05 Å². The number of rotatable bonds is 6. The Morgan fingerprint density at radius 3 is 2.41 bits per heavy atom. The summed E-state index contributed by atoms with van der Waals surface area (Å²) >= 11 is 1.51. The summed E-state index contributed by atoms with van der Waals surface area (Å²) in [6.45, 7) is 3.99. The molecule has 4 nitrogen and oxygen atoms in total. The zero-order valence-electron chi connectivity index (χ0n) is 16.8. The molecule has 2 amide bonds. The highest BCUT2D eigenvalue weighted by Crippen LogP contribution is 2.25. The molecule has 1 aromatic heterocycles. The van der Waals surface area contributed by atoms with E-state index in [1.807, 2.05) is 86.0 Å². The molecule has 1 heterocycles.